The van der Waals surface area contributed by atoms with Gasteiger partial charge in [-0.25, -0.2) is 0 Å². The second kappa shape index (κ2) is 6.36. The summed E-state index contributed by atoms with van der Waals surface area (Å²) in [4.78, 5) is 14.2. The molecule has 0 aromatic rings. The zero-order chi connectivity index (χ0) is 13.7. The van der Waals surface area contributed by atoms with Crippen LogP contribution < -0.4 is 11.1 Å². The van der Waals surface area contributed by atoms with Crippen molar-refractivity contribution in [1.82, 2.24) is 10.2 Å². The van der Waals surface area contributed by atoms with Gasteiger partial charge in [-0.3, -0.25) is 9.69 Å². The zero-order valence-corrected chi connectivity index (χ0v) is 11.5. The first-order valence-electron chi connectivity index (χ1n) is 7.32. The van der Waals surface area contributed by atoms with E-state index >= 15 is 0 Å². The normalized spacial score (nSPS) is 26.8. The summed E-state index contributed by atoms with van der Waals surface area (Å²) in [7, 11) is 0. The van der Waals surface area contributed by atoms with Crippen molar-refractivity contribution < 1.29 is 4.79 Å². The van der Waals surface area contributed by atoms with Crippen molar-refractivity contribution in [3.8, 4) is 6.07 Å². The Morgan fingerprint density at radius 3 is 2.74 bits per heavy atom. The van der Waals surface area contributed by atoms with Gasteiger partial charge in [-0.1, -0.05) is 19.3 Å². The molecule has 1 unspecified atom stereocenters. The van der Waals surface area contributed by atoms with Crippen molar-refractivity contribution in [2.24, 2.45) is 11.7 Å². The van der Waals surface area contributed by atoms with Gasteiger partial charge in [0.25, 0.3) is 0 Å². The highest BCUT2D eigenvalue weighted by atomic mass is 16.2. The molecule has 19 heavy (non-hydrogen) atoms. The number of carbonyl (C=O) groups excluding carboxylic acids is 1. The third-order valence-corrected chi connectivity index (χ3v) is 4.37. The molecule has 1 amide bonds. The quantitative estimate of drug-likeness (QED) is 0.779. The maximum absolute atomic E-state index is 12.1. The molecule has 1 aliphatic heterocycles. The third kappa shape index (κ3) is 3.68. The van der Waals surface area contributed by atoms with Crippen LogP contribution in [-0.4, -0.2) is 42.5 Å². The van der Waals surface area contributed by atoms with Gasteiger partial charge in [0.15, 0.2) is 0 Å². The van der Waals surface area contributed by atoms with Crippen LogP contribution in [0, 0.1) is 17.2 Å². The van der Waals surface area contributed by atoms with Crippen molar-refractivity contribution in [1.29, 1.82) is 5.26 Å². The van der Waals surface area contributed by atoms with Crippen LogP contribution in [0.3, 0.4) is 0 Å². The lowest BCUT2D eigenvalue weighted by Crippen LogP contribution is -2.51. The lowest BCUT2D eigenvalue weighted by Gasteiger charge is -2.32. The molecule has 0 bridgehead atoms. The van der Waals surface area contributed by atoms with Gasteiger partial charge in [-0.05, 0) is 38.3 Å². The summed E-state index contributed by atoms with van der Waals surface area (Å²) in [5.74, 6) is 0.508. The number of hydrogen-bond acceptors (Lipinski definition) is 4. The number of carbonyl (C=O) groups is 1. The highest BCUT2D eigenvalue weighted by Crippen LogP contribution is 2.27. The van der Waals surface area contributed by atoms with Crippen LogP contribution in [0.2, 0.25) is 0 Å². The van der Waals surface area contributed by atoms with Crippen LogP contribution in [0.15, 0.2) is 0 Å². The molecule has 1 heterocycles. The predicted molar refractivity (Wildman–Crippen MR) is 73.2 cm³/mol. The fraction of sp³-hybridized carbons (Fsp3) is 0.857. The maximum Gasteiger partial charge on any atom is 0.235 e. The van der Waals surface area contributed by atoms with Crippen LogP contribution in [0.5, 0.6) is 0 Å². The molecule has 1 atom stereocenters. The van der Waals surface area contributed by atoms with Gasteiger partial charge in [0.05, 0.1) is 12.6 Å². The molecule has 0 radical (unpaired) electrons. The summed E-state index contributed by atoms with van der Waals surface area (Å²) in [5.41, 5.74) is 5.04. The number of nitrogens with zero attached hydrogens (tertiary/aromatic N) is 2. The number of nitrogens with one attached hydrogen (secondary N) is 1. The first-order chi connectivity index (χ1) is 9.17. The fourth-order valence-corrected chi connectivity index (χ4v) is 3.18. The van der Waals surface area contributed by atoms with Crippen LogP contribution in [-0.2, 0) is 4.79 Å². The summed E-state index contributed by atoms with van der Waals surface area (Å²) in [6.45, 7) is 2.94. The summed E-state index contributed by atoms with van der Waals surface area (Å²) >= 11 is 0. The minimum atomic E-state index is -0.609. The van der Waals surface area contributed by atoms with Gasteiger partial charge >= 0.3 is 0 Å². The van der Waals surface area contributed by atoms with E-state index < -0.39 is 5.54 Å². The Morgan fingerprint density at radius 1 is 1.42 bits per heavy atom. The van der Waals surface area contributed by atoms with E-state index in [1.807, 2.05) is 0 Å². The van der Waals surface area contributed by atoms with Gasteiger partial charge < -0.3 is 11.1 Å². The lowest BCUT2D eigenvalue weighted by atomic mass is 9.83. The van der Waals surface area contributed by atoms with Crippen LogP contribution in [0.4, 0.5) is 0 Å². The molecular weight excluding hydrogens is 240 g/mol. The van der Waals surface area contributed by atoms with E-state index in [4.69, 9.17) is 5.73 Å². The fourth-order valence-electron chi connectivity index (χ4n) is 3.18. The number of amides is 1. The van der Waals surface area contributed by atoms with Gasteiger partial charge in [-0.15, -0.1) is 0 Å². The highest BCUT2D eigenvalue weighted by Gasteiger charge is 2.34. The van der Waals surface area contributed by atoms with E-state index in [-0.39, 0.29) is 5.91 Å². The lowest BCUT2D eigenvalue weighted by molar-refractivity contribution is -0.123. The Morgan fingerprint density at radius 2 is 2.16 bits per heavy atom. The molecule has 2 fully saturated rings. The predicted octanol–water partition coefficient (Wildman–Crippen LogP) is 0.610. The molecule has 1 aliphatic carbocycles. The Hall–Kier alpha value is -1.12. The van der Waals surface area contributed by atoms with E-state index in [2.05, 4.69) is 16.3 Å². The Kier molecular flexibility index (Phi) is 4.78. The number of nitrogens with two attached hydrogens (primary N) is 1. The average molecular weight is 264 g/mol. The number of hydrogen-bond donors (Lipinski definition) is 2. The van der Waals surface area contributed by atoms with Gasteiger partial charge in [0.1, 0.15) is 5.54 Å². The Balaban J connectivity index is 1.82. The smallest absolute Gasteiger partial charge is 0.235 e. The van der Waals surface area contributed by atoms with Crippen molar-refractivity contribution >= 4 is 5.91 Å². The summed E-state index contributed by atoms with van der Waals surface area (Å²) in [5, 5.41) is 12.3. The van der Waals surface area contributed by atoms with Crippen molar-refractivity contribution in [3.05, 3.63) is 0 Å². The second-order valence-electron chi connectivity index (χ2n) is 5.93. The molecule has 5 heteroatoms. The van der Waals surface area contributed by atoms with E-state index in [1.165, 1.54) is 6.42 Å². The van der Waals surface area contributed by atoms with E-state index in [9.17, 15) is 10.1 Å². The molecule has 5 nitrogen and oxygen atoms in total. The molecule has 1 saturated carbocycles. The summed E-state index contributed by atoms with van der Waals surface area (Å²) in [6, 6.07) is 2.32. The monoisotopic (exact) mass is 264 g/mol. The first-order valence-corrected chi connectivity index (χ1v) is 7.32. The topological polar surface area (TPSA) is 82.2 Å². The minimum Gasteiger partial charge on any atom is -0.337 e. The van der Waals surface area contributed by atoms with Crippen molar-refractivity contribution in [2.75, 3.05) is 26.2 Å². The molecule has 106 valence electrons. The number of rotatable bonds is 4. The Bertz CT molecular complexity index is 357. The van der Waals surface area contributed by atoms with Crippen LogP contribution in [0.1, 0.15) is 38.5 Å². The van der Waals surface area contributed by atoms with Gasteiger partial charge in [0, 0.05) is 6.54 Å². The molecule has 2 rings (SSSR count). The standard InChI is InChI=1S/C14H24N4O/c15-8-12-4-7-18(9-12)10-13(19)17-14(11-16)5-2-1-3-6-14/h12H,1-10,15H2,(H,17,19). The van der Waals surface area contributed by atoms with Crippen molar-refractivity contribution in [3.63, 3.8) is 0 Å². The van der Waals surface area contributed by atoms with Gasteiger partial charge in [-0.2, -0.15) is 5.26 Å². The Labute approximate surface area is 115 Å². The molecule has 2 aliphatic rings. The summed E-state index contributed by atoms with van der Waals surface area (Å²) in [6.07, 6.45) is 5.90. The minimum absolute atomic E-state index is 0.0129. The molecule has 1 saturated heterocycles. The van der Waals surface area contributed by atoms with Crippen LogP contribution >= 0.6 is 0 Å². The van der Waals surface area contributed by atoms with Gasteiger partial charge in [0.2, 0.25) is 5.91 Å². The molecule has 3 N–H and O–H groups in total. The van der Waals surface area contributed by atoms with E-state index in [0.29, 0.717) is 19.0 Å². The zero-order valence-electron chi connectivity index (χ0n) is 11.5. The van der Waals surface area contributed by atoms with E-state index in [1.54, 1.807) is 0 Å². The molecule has 0 aromatic heterocycles. The average Bonchev–Trinajstić information content (AvgIpc) is 2.87. The molecule has 0 spiro atoms. The third-order valence-electron chi connectivity index (χ3n) is 4.37. The number of likely N-dealkylation sites (tertiary alicyclic amines) is 1. The molecular formula is C14H24N4O. The first kappa shape index (κ1) is 14.3. The second-order valence-corrected chi connectivity index (χ2v) is 5.93. The SMILES string of the molecule is N#CC1(NC(=O)CN2CCC(CN)C2)CCCCC1. The molecule has 0 aromatic carbocycles. The largest absolute Gasteiger partial charge is 0.337 e. The van der Waals surface area contributed by atoms with Crippen molar-refractivity contribution in [2.45, 2.75) is 44.1 Å². The summed E-state index contributed by atoms with van der Waals surface area (Å²) < 4.78 is 0. The number of nitriles is 1. The maximum atomic E-state index is 12.1. The van der Waals surface area contributed by atoms with Crippen LogP contribution in [0.25, 0.3) is 0 Å². The van der Waals surface area contributed by atoms with E-state index in [0.717, 1.165) is 45.2 Å². The highest BCUT2D eigenvalue weighted by molar-refractivity contribution is 5.79.